The van der Waals surface area contributed by atoms with Crippen molar-refractivity contribution in [1.29, 1.82) is 0 Å². The highest BCUT2D eigenvalue weighted by molar-refractivity contribution is 7.99. The molecule has 156 valence electrons. The average molecular weight is 441 g/mol. The summed E-state index contributed by atoms with van der Waals surface area (Å²) in [5, 5.41) is 9.37. The van der Waals surface area contributed by atoms with E-state index in [1.54, 1.807) is 34.9 Å². The molecule has 0 saturated heterocycles. The monoisotopic (exact) mass is 440 g/mol. The molecule has 0 unspecified atom stereocenters. The zero-order chi connectivity index (χ0) is 21.1. The Morgan fingerprint density at radius 1 is 1.20 bits per heavy atom. The van der Waals surface area contributed by atoms with Gasteiger partial charge in [-0.3, -0.25) is 9.69 Å². The van der Waals surface area contributed by atoms with Crippen LogP contribution in [0.4, 0.5) is 5.69 Å². The van der Waals surface area contributed by atoms with Crippen molar-refractivity contribution >= 4 is 34.7 Å². The smallest absolute Gasteiger partial charge is 0.247 e. The molecular formula is C22H24N4O2S2. The molecule has 8 heteroatoms. The number of ether oxygens (including phenoxy) is 1. The molecule has 1 aliphatic rings. The van der Waals surface area contributed by atoms with Crippen LogP contribution in [0.2, 0.25) is 0 Å². The summed E-state index contributed by atoms with van der Waals surface area (Å²) in [6.45, 7) is 5.78. The van der Waals surface area contributed by atoms with Crippen LogP contribution in [0.5, 0.6) is 5.88 Å². The number of amides is 1. The highest BCUT2D eigenvalue weighted by Crippen LogP contribution is 2.44. The number of aryl methyl sites for hydroxylation is 1. The van der Waals surface area contributed by atoms with Gasteiger partial charge in [-0.15, -0.1) is 21.5 Å². The van der Waals surface area contributed by atoms with Gasteiger partial charge in [0.25, 0.3) is 0 Å². The number of hydrogen-bond acceptors (Lipinski definition) is 7. The Balaban J connectivity index is 1.78. The van der Waals surface area contributed by atoms with Crippen LogP contribution in [0.1, 0.15) is 49.1 Å². The highest BCUT2D eigenvalue weighted by Gasteiger charge is 2.35. The van der Waals surface area contributed by atoms with E-state index in [4.69, 9.17) is 4.74 Å². The number of unbranched alkanes of at least 4 members (excludes halogenated alkanes) is 2. The summed E-state index contributed by atoms with van der Waals surface area (Å²) >= 11 is 3.20. The Morgan fingerprint density at radius 2 is 2.03 bits per heavy atom. The Bertz CT molecular complexity index is 1050. The number of carbonyl (C=O) groups is 1. The minimum absolute atomic E-state index is 0.103. The third-order valence-electron chi connectivity index (χ3n) is 4.83. The van der Waals surface area contributed by atoms with Crippen molar-refractivity contribution in [3.05, 3.63) is 46.2 Å². The van der Waals surface area contributed by atoms with Crippen LogP contribution in [-0.2, 0) is 4.79 Å². The molecule has 1 aromatic carbocycles. The lowest BCUT2D eigenvalue weighted by Crippen LogP contribution is -2.35. The zero-order valence-electron chi connectivity index (χ0n) is 17.3. The first-order valence-electron chi connectivity index (χ1n) is 10.1. The number of thioether (sulfide) groups is 1. The fourth-order valence-electron chi connectivity index (χ4n) is 3.40. The second kappa shape index (κ2) is 9.14. The second-order valence-electron chi connectivity index (χ2n) is 7.13. The van der Waals surface area contributed by atoms with E-state index in [1.807, 2.05) is 43.3 Å². The summed E-state index contributed by atoms with van der Waals surface area (Å²) < 4.78 is 6.37. The molecule has 1 aliphatic heterocycles. The predicted octanol–water partition coefficient (Wildman–Crippen LogP) is 5.63. The van der Waals surface area contributed by atoms with Gasteiger partial charge in [-0.05, 0) is 31.5 Å². The van der Waals surface area contributed by atoms with Crippen molar-refractivity contribution in [3.63, 3.8) is 0 Å². The van der Waals surface area contributed by atoms with Gasteiger partial charge in [0.1, 0.15) is 0 Å². The molecule has 1 atom stereocenters. The number of aromatic nitrogens is 3. The summed E-state index contributed by atoms with van der Waals surface area (Å²) in [5.74, 6) is 1.25. The molecule has 0 radical (unpaired) electrons. The molecular weight excluding hydrogens is 416 g/mol. The second-order valence-corrected chi connectivity index (χ2v) is 9.51. The van der Waals surface area contributed by atoms with Gasteiger partial charge in [0.2, 0.25) is 23.2 Å². The summed E-state index contributed by atoms with van der Waals surface area (Å²) in [5.41, 5.74) is 2.10. The quantitative estimate of drug-likeness (QED) is 0.365. The van der Waals surface area contributed by atoms with Gasteiger partial charge in [-0.25, -0.2) is 0 Å². The van der Waals surface area contributed by atoms with Crippen LogP contribution >= 0.6 is 23.1 Å². The van der Waals surface area contributed by atoms with Crippen molar-refractivity contribution in [2.24, 2.45) is 0 Å². The van der Waals surface area contributed by atoms with Crippen LogP contribution in [0.15, 0.2) is 41.6 Å². The normalized spacial score (nSPS) is 15.2. The van der Waals surface area contributed by atoms with E-state index >= 15 is 0 Å². The van der Waals surface area contributed by atoms with Crippen molar-refractivity contribution < 1.29 is 9.53 Å². The first-order chi connectivity index (χ1) is 14.6. The molecule has 0 bridgehead atoms. The molecule has 0 fully saturated rings. The molecule has 3 heterocycles. The molecule has 0 N–H and O–H groups in total. The Hall–Kier alpha value is -2.45. The number of para-hydroxylation sites is 1. The lowest BCUT2D eigenvalue weighted by atomic mass is 10.1. The molecule has 1 amide bonds. The van der Waals surface area contributed by atoms with E-state index in [9.17, 15) is 4.79 Å². The number of benzene rings is 1. The van der Waals surface area contributed by atoms with Crippen molar-refractivity contribution in [2.45, 2.75) is 51.4 Å². The van der Waals surface area contributed by atoms with Gasteiger partial charge in [0.05, 0.1) is 10.6 Å². The molecule has 4 rings (SSSR count). The third kappa shape index (κ3) is 4.20. The van der Waals surface area contributed by atoms with Crippen LogP contribution in [0.3, 0.4) is 0 Å². The van der Waals surface area contributed by atoms with E-state index in [-0.39, 0.29) is 5.91 Å². The maximum atomic E-state index is 12.7. The van der Waals surface area contributed by atoms with Gasteiger partial charge < -0.3 is 4.74 Å². The Morgan fingerprint density at radius 3 is 2.77 bits per heavy atom. The topological polar surface area (TPSA) is 68.2 Å². The van der Waals surface area contributed by atoms with Crippen LogP contribution in [-0.4, -0.2) is 26.8 Å². The zero-order valence-corrected chi connectivity index (χ0v) is 18.9. The molecule has 2 aromatic heterocycles. The fourth-order valence-corrected chi connectivity index (χ4v) is 5.08. The van der Waals surface area contributed by atoms with Crippen LogP contribution in [0.25, 0.3) is 11.3 Å². The molecule has 0 aliphatic carbocycles. The fraction of sp³-hybridized carbons (Fsp3) is 0.364. The maximum Gasteiger partial charge on any atom is 0.247 e. The van der Waals surface area contributed by atoms with E-state index < -0.39 is 6.23 Å². The summed E-state index contributed by atoms with van der Waals surface area (Å²) in [7, 11) is 0. The molecule has 6 nitrogen and oxygen atoms in total. The SMILES string of the molecule is CCCCCSc1nnc2c(n1)O[C@@H](c1ccc(C)s1)N(C(C)=O)c1ccccc1-2. The number of hydrogen-bond donors (Lipinski definition) is 0. The van der Waals surface area contributed by atoms with Gasteiger partial charge in [0, 0.05) is 23.1 Å². The summed E-state index contributed by atoms with van der Waals surface area (Å²) in [6.07, 6.45) is 2.87. The van der Waals surface area contributed by atoms with Gasteiger partial charge in [-0.1, -0.05) is 49.7 Å². The number of nitrogens with zero attached hydrogens (tertiary/aromatic N) is 4. The van der Waals surface area contributed by atoms with E-state index in [1.165, 1.54) is 12.8 Å². The van der Waals surface area contributed by atoms with Gasteiger partial charge in [0.15, 0.2) is 5.69 Å². The predicted molar refractivity (Wildman–Crippen MR) is 121 cm³/mol. The van der Waals surface area contributed by atoms with Gasteiger partial charge >= 0.3 is 0 Å². The van der Waals surface area contributed by atoms with Crippen LogP contribution in [0, 0.1) is 6.92 Å². The standard InChI is InChI=1S/C22H24N4O2S2/c1-4-5-8-13-29-22-23-20-19(24-25-22)16-9-6-7-10-17(16)26(15(3)27)21(28-20)18-12-11-14(2)30-18/h6-7,9-12,21H,4-5,8,13H2,1-3H3/t21-/m0/s1. The van der Waals surface area contributed by atoms with Crippen molar-refractivity contribution in [1.82, 2.24) is 15.2 Å². The van der Waals surface area contributed by atoms with Gasteiger partial charge in [-0.2, -0.15) is 4.98 Å². The van der Waals surface area contributed by atoms with E-state index in [0.29, 0.717) is 16.7 Å². The Kier molecular flexibility index (Phi) is 6.34. The summed E-state index contributed by atoms with van der Waals surface area (Å²) in [4.78, 5) is 21.2. The minimum atomic E-state index is -0.599. The highest BCUT2D eigenvalue weighted by atomic mass is 32.2. The summed E-state index contributed by atoms with van der Waals surface area (Å²) in [6, 6.07) is 11.7. The number of thiophene rings is 1. The first kappa shape index (κ1) is 20.8. The van der Waals surface area contributed by atoms with E-state index in [0.717, 1.165) is 33.2 Å². The van der Waals surface area contributed by atoms with E-state index in [2.05, 4.69) is 22.1 Å². The number of fused-ring (bicyclic) bond motifs is 3. The number of anilines is 1. The average Bonchev–Trinajstić information content (AvgIpc) is 3.11. The molecule has 3 aromatic rings. The molecule has 0 saturated carbocycles. The molecule has 30 heavy (non-hydrogen) atoms. The third-order valence-corrected chi connectivity index (χ3v) is 6.79. The van der Waals surface area contributed by atoms with Crippen LogP contribution < -0.4 is 9.64 Å². The maximum absolute atomic E-state index is 12.7. The number of rotatable bonds is 6. The number of carbonyl (C=O) groups excluding carboxylic acids is 1. The molecule has 0 spiro atoms. The largest absolute Gasteiger partial charge is 0.446 e. The first-order valence-corrected chi connectivity index (χ1v) is 11.9. The lowest BCUT2D eigenvalue weighted by Gasteiger charge is -2.28. The lowest BCUT2D eigenvalue weighted by molar-refractivity contribution is -0.118. The van der Waals surface area contributed by atoms with Crippen molar-refractivity contribution in [2.75, 3.05) is 10.7 Å². The van der Waals surface area contributed by atoms with Crippen molar-refractivity contribution in [3.8, 4) is 17.1 Å². The minimum Gasteiger partial charge on any atom is -0.446 e. The Labute approximate surface area is 184 Å².